The molecule has 0 bridgehead atoms. The van der Waals surface area contributed by atoms with Crippen molar-refractivity contribution in [2.24, 2.45) is 5.92 Å². The minimum absolute atomic E-state index is 0.418. The van der Waals surface area contributed by atoms with Gasteiger partial charge in [0.2, 0.25) is 10.7 Å². The molecule has 4 N–H and O–H groups in total. The van der Waals surface area contributed by atoms with Gasteiger partial charge in [-0.1, -0.05) is 13.8 Å². The van der Waals surface area contributed by atoms with Crippen LogP contribution in [0.5, 0.6) is 0 Å². The van der Waals surface area contributed by atoms with E-state index in [0.29, 0.717) is 16.6 Å². The van der Waals surface area contributed by atoms with Crippen LogP contribution in [0.3, 0.4) is 0 Å². The van der Waals surface area contributed by atoms with Gasteiger partial charge >= 0.3 is 0 Å². The predicted molar refractivity (Wildman–Crippen MR) is 50.9 cm³/mol. The van der Waals surface area contributed by atoms with Crippen molar-refractivity contribution in [1.29, 1.82) is 0 Å². The maximum absolute atomic E-state index is 5.55. The van der Waals surface area contributed by atoms with Gasteiger partial charge in [-0.25, -0.2) is 9.77 Å². The maximum Gasteiger partial charge on any atom is 0.241 e. The van der Waals surface area contributed by atoms with E-state index in [-0.39, 0.29) is 0 Å². The predicted octanol–water partition coefficient (Wildman–Crippen LogP) is 0.722. The van der Waals surface area contributed by atoms with Gasteiger partial charge in [-0.15, -0.1) is 5.10 Å². The molecule has 5 nitrogen and oxygen atoms in total. The van der Waals surface area contributed by atoms with Crippen molar-refractivity contribution in [3.63, 3.8) is 0 Å². The third kappa shape index (κ3) is 1.97. The average molecular weight is 187 g/mol. The fourth-order valence-electron chi connectivity index (χ4n) is 0.725. The molecule has 1 aromatic rings. The Morgan fingerprint density at radius 3 is 2.83 bits per heavy atom. The summed E-state index contributed by atoms with van der Waals surface area (Å²) in [5, 5.41) is 9.55. The molecule has 0 saturated heterocycles. The molecule has 0 amide bonds. The smallest absolute Gasteiger partial charge is 0.241 e. The number of nitrogens with two attached hydrogens (primary N) is 1. The van der Waals surface area contributed by atoms with Crippen LogP contribution in [0.4, 0.5) is 5.95 Å². The molecule has 1 aromatic heterocycles. The Labute approximate surface area is 75.9 Å². The summed E-state index contributed by atoms with van der Waals surface area (Å²) >= 11 is 4.83. The number of hydrogen-bond acceptors (Lipinski definition) is 4. The second kappa shape index (κ2) is 3.57. The summed E-state index contributed by atoms with van der Waals surface area (Å²) in [4.78, 5) is 0. The lowest BCUT2D eigenvalue weighted by Crippen LogP contribution is -2.17. The summed E-state index contributed by atoms with van der Waals surface area (Å²) in [6.07, 6.45) is 0. The standard InChI is InChI=1S/C6H13N5S/c1-4(2)3-8-5-9-10-6(12)11(5)7/h4H,3,7H2,1-2H3,(H,8,9)(H,10,12). The van der Waals surface area contributed by atoms with Crippen LogP contribution < -0.4 is 11.2 Å². The Balaban J connectivity index is 2.64. The third-order valence-electron chi connectivity index (χ3n) is 1.37. The van der Waals surface area contributed by atoms with E-state index in [2.05, 4.69) is 29.4 Å². The molecule has 0 atom stereocenters. The molecule has 0 spiro atoms. The number of nitrogen functional groups attached to an aromatic ring is 1. The summed E-state index contributed by atoms with van der Waals surface area (Å²) in [5.74, 6) is 6.67. The number of H-pyrrole nitrogens is 1. The van der Waals surface area contributed by atoms with Crippen molar-refractivity contribution in [2.45, 2.75) is 13.8 Å². The van der Waals surface area contributed by atoms with Gasteiger partial charge in [-0.05, 0) is 18.1 Å². The maximum atomic E-state index is 5.55. The number of nitrogens with zero attached hydrogens (tertiary/aromatic N) is 2. The van der Waals surface area contributed by atoms with Gasteiger partial charge in [0.05, 0.1) is 0 Å². The monoisotopic (exact) mass is 187 g/mol. The van der Waals surface area contributed by atoms with E-state index in [1.807, 2.05) is 0 Å². The van der Waals surface area contributed by atoms with E-state index in [1.165, 1.54) is 4.68 Å². The second-order valence-electron chi connectivity index (χ2n) is 3.00. The Bertz CT molecular complexity index is 299. The molecular formula is C6H13N5S. The molecule has 68 valence electrons. The largest absolute Gasteiger partial charge is 0.353 e. The van der Waals surface area contributed by atoms with Crippen molar-refractivity contribution in [3.05, 3.63) is 4.77 Å². The molecule has 0 aliphatic rings. The first-order valence-corrected chi connectivity index (χ1v) is 4.18. The van der Waals surface area contributed by atoms with Crippen molar-refractivity contribution in [3.8, 4) is 0 Å². The van der Waals surface area contributed by atoms with Crippen molar-refractivity contribution in [1.82, 2.24) is 14.9 Å². The van der Waals surface area contributed by atoms with Gasteiger partial charge in [-0.3, -0.25) is 0 Å². The Kier molecular flexibility index (Phi) is 2.69. The molecule has 6 heteroatoms. The van der Waals surface area contributed by atoms with E-state index in [4.69, 9.17) is 18.1 Å². The molecule has 12 heavy (non-hydrogen) atoms. The number of anilines is 1. The highest BCUT2D eigenvalue weighted by molar-refractivity contribution is 7.71. The summed E-state index contributed by atoms with van der Waals surface area (Å²) in [5.41, 5.74) is 0. The van der Waals surface area contributed by atoms with Crippen LogP contribution in [0.1, 0.15) is 13.8 Å². The Morgan fingerprint density at radius 2 is 2.42 bits per heavy atom. The van der Waals surface area contributed by atoms with E-state index in [0.717, 1.165) is 6.54 Å². The summed E-state index contributed by atoms with van der Waals surface area (Å²) < 4.78 is 1.74. The van der Waals surface area contributed by atoms with Crippen LogP contribution in [-0.2, 0) is 0 Å². The summed E-state index contributed by atoms with van der Waals surface area (Å²) in [7, 11) is 0. The molecule has 0 aromatic carbocycles. The average Bonchev–Trinajstić information content (AvgIpc) is 2.30. The number of aromatic amines is 1. The lowest BCUT2D eigenvalue weighted by Gasteiger charge is -2.06. The molecule has 0 unspecified atom stereocenters. The highest BCUT2D eigenvalue weighted by atomic mass is 32.1. The minimum atomic E-state index is 0.418. The summed E-state index contributed by atoms with van der Waals surface area (Å²) in [6, 6.07) is 0. The normalized spacial score (nSPS) is 10.6. The van der Waals surface area contributed by atoms with Crippen molar-refractivity contribution < 1.29 is 0 Å². The first-order valence-electron chi connectivity index (χ1n) is 3.77. The summed E-state index contributed by atoms with van der Waals surface area (Å²) in [6.45, 7) is 5.04. The van der Waals surface area contributed by atoms with Crippen molar-refractivity contribution >= 4 is 18.2 Å². The van der Waals surface area contributed by atoms with Gasteiger partial charge < -0.3 is 11.2 Å². The van der Waals surface area contributed by atoms with Crippen LogP contribution >= 0.6 is 12.2 Å². The van der Waals surface area contributed by atoms with Crippen LogP contribution in [0.2, 0.25) is 0 Å². The van der Waals surface area contributed by atoms with E-state index < -0.39 is 0 Å². The molecule has 1 rings (SSSR count). The zero-order valence-electron chi connectivity index (χ0n) is 7.16. The number of rotatable bonds is 3. The van der Waals surface area contributed by atoms with Gasteiger partial charge in [0, 0.05) is 6.54 Å². The molecule has 0 radical (unpaired) electrons. The van der Waals surface area contributed by atoms with Gasteiger partial charge in [0.15, 0.2) is 0 Å². The number of hydrogen-bond donors (Lipinski definition) is 3. The quantitative estimate of drug-likeness (QED) is 0.481. The Hall–Kier alpha value is -1.04. The molecule has 1 heterocycles. The van der Waals surface area contributed by atoms with Crippen LogP contribution in [0, 0.1) is 10.7 Å². The van der Waals surface area contributed by atoms with Crippen LogP contribution in [0.15, 0.2) is 0 Å². The van der Waals surface area contributed by atoms with Crippen LogP contribution in [-0.4, -0.2) is 21.4 Å². The minimum Gasteiger partial charge on any atom is -0.353 e. The van der Waals surface area contributed by atoms with Crippen LogP contribution in [0.25, 0.3) is 0 Å². The van der Waals surface area contributed by atoms with Gasteiger partial charge in [-0.2, -0.15) is 0 Å². The highest BCUT2D eigenvalue weighted by Crippen LogP contribution is 2.00. The highest BCUT2D eigenvalue weighted by Gasteiger charge is 2.01. The van der Waals surface area contributed by atoms with Gasteiger partial charge in [0.25, 0.3) is 0 Å². The fraction of sp³-hybridized carbons (Fsp3) is 0.667. The zero-order chi connectivity index (χ0) is 9.14. The number of nitrogens with one attached hydrogen (secondary N) is 2. The zero-order valence-corrected chi connectivity index (χ0v) is 7.98. The lowest BCUT2D eigenvalue weighted by molar-refractivity contribution is 0.682. The van der Waals surface area contributed by atoms with Gasteiger partial charge in [0.1, 0.15) is 0 Å². The first-order chi connectivity index (χ1) is 5.61. The van der Waals surface area contributed by atoms with E-state index >= 15 is 0 Å². The molecule has 0 aliphatic carbocycles. The fourth-order valence-corrected chi connectivity index (χ4v) is 0.857. The SMILES string of the molecule is CC(C)CNc1n[nH]c(=S)n1N. The number of aromatic nitrogens is 3. The van der Waals surface area contributed by atoms with E-state index in [9.17, 15) is 0 Å². The lowest BCUT2D eigenvalue weighted by atomic mass is 10.2. The Morgan fingerprint density at radius 1 is 1.75 bits per heavy atom. The van der Waals surface area contributed by atoms with E-state index in [1.54, 1.807) is 0 Å². The topological polar surface area (TPSA) is 71.7 Å². The van der Waals surface area contributed by atoms with Crippen molar-refractivity contribution in [2.75, 3.05) is 17.7 Å². The molecular weight excluding hydrogens is 174 g/mol. The third-order valence-corrected chi connectivity index (χ3v) is 1.66. The molecule has 0 saturated carbocycles. The first kappa shape index (κ1) is 9.05. The molecule has 0 fully saturated rings. The second-order valence-corrected chi connectivity index (χ2v) is 3.38. The molecule has 0 aliphatic heterocycles.